The summed E-state index contributed by atoms with van der Waals surface area (Å²) < 4.78 is 50.1. The van der Waals surface area contributed by atoms with Gasteiger partial charge in [0.15, 0.2) is 11.7 Å². The van der Waals surface area contributed by atoms with Crippen LogP contribution >= 0.6 is 23.5 Å². The first-order chi connectivity index (χ1) is 14.6. The molecule has 0 aromatic carbocycles. The molecular formula is C10H12N4Na3O15P3. The van der Waals surface area contributed by atoms with Crippen molar-refractivity contribution in [3.8, 4) is 0 Å². The van der Waals surface area contributed by atoms with Crippen LogP contribution in [-0.2, 0) is 31.6 Å². The minimum Gasteiger partial charge on any atom is -0.756 e. The first-order valence-corrected chi connectivity index (χ1v) is 12.4. The molecule has 2 aromatic rings. The smallest absolute Gasteiger partial charge is 0.756 e. The van der Waals surface area contributed by atoms with Gasteiger partial charge in [0.25, 0.3) is 29.0 Å². The Kier molecular flexibility index (Phi) is 14.2. The number of aromatic amines is 2. The average Bonchev–Trinajstić information content (AvgIpc) is 3.12. The molecule has 1 fully saturated rings. The fraction of sp³-hybridized carbons (Fsp3) is 0.500. The van der Waals surface area contributed by atoms with Crippen molar-refractivity contribution >= 4 is 34.6 Å². The van der Waals surface area contributed by atoms with E-state index in [2.05, 4.69) is 23.1 Å². The van der Waals surface area contributed by atoms with Crippen LogP contribution in [0.1, 0.15) is 6.23 Å². The summed E-state index contributed by atoms with van der Waals surface area (Å²) in [6.07, 6.45) is -5.78. The molecule has 1 aliphatic heterocycles. The van der Waals surface area contributed by atoms with Gasteiger partial charge in [-0.2, -0.15) is 0 Å². The van der Waals surface area contributed by atoms with Gasteiger partial charge in [-0.3, -0.25) is 33.0 Å². The van der Waals surface area contributed by atoms with E-state index in [1.54, 1.807) is 0 Å². The standard InChI is InChI=1S/C10H15N4O15P3.3Na/c15-5-3(1-26-31(22,23)29-32(24,25)28-30(19,20)21)27-9(6(5)16)14-2-11-4-7(14)12-10(18)13-8(4)17;;;/h2-3,5-6,9,15-16H,1H2,(H,22,23)(H,24,25)(H2,19,20,21)(H2,12,13,17,18);;;/q;3*+1/p-3/t3-,5-,6-,9-;;;/m1.../s1. The van der Waals surface area contributed by atoms with Crippen molar-refractivity contribution in [1.29, 1.82) is 0 Å². The monoisotopic (exact) mass is 590 g/mol. The molecule has 3 unspecified atom stereocenters. The van der Waals surface area contributed by atoms with Gasteiger partial charge in [-0.25, -0.2) is 18.4 Å². The topological polar surface area (TPSA) is 302 Å². The van der Waals surface area contributed by atoms with E-state index in [0.29, 0.717) is 0 Å². The Hall–Kier alpha value is 1.44. The number of phosphoric ester groups is 1. The Morgan fingerprint density at radius 3 is 2.20 bits per heavy atom. The minimum atomic E-state index is -6.12. The third-order valence-electron chi connectivity index (χ3n) is 3.88. The number of imidazole rings is 1. The molecule has 2 aromatic heterocycles. The summed E-state index contributed by atoms with van der Waals surface area (Å²) in [6.45, 7) is -1.15. The molecule has 35 heavy (non-hydrogen) atoms. The molecule has 0 bridgehead atoms. The summed E-state index contributed by atoms with van der Waals surface area (Å²) >= 11 is 0. The number of fused-ring (bicyclic) bond motifs is 1. The zero-order chi connectivity index (χ0) is 24.1. The zero-order valence-corrected chi connectivity index (χ0v) is 26.8. The van der Waals surface area contributed by atoms with Crippen molar-refractivity contribution in [2.75, 3.05) is 6.61 Å². The maximum Gasteiger partial charge on any atom is 1.00 e. The molecule has 25 heteroatoms. The predicted molar refractivity (Wildman–Crippen MR) is 90.1 cm³/mol. The summed E-state index contributed by atoms with van der Waals surface area (Å²) in [5.41, 5.74) is -2.24. The molecule has 0 aliphatic carbocycles. The van der Waals surface area contributed by atoms with Gasteiger partial charge in [-0.1, -0.05) is 0 Å². The van der Waals surface area contributed by atoms with E-state index in [-0.39, 0.29) is 99.8 Å². The minimum absolute atomic E-state index is 0. The van der Waals surface area contributed by atoms with E-state index < -0.39 is 65.9 Å². The third-order valence-corrected chi connectivity index (χ3v) is 7.57. The molecule has 0 spiro atoms. The quantitative estimate of drug-likeness (QED) is 0.141. The molecule has 1 aliphatic rings. The van der Waals surface area contributed by atoms with Gasteiger partial charge in [0, 0.05) is 0 Å². The van der Waals surface area contributed by atoms with E-state index >= 15 is 0 Å². The fourth-order valence-electron chi connectivity index (χ4n) is 2.69. The van der Waals surface area contributed by atoms with E-state index in [9.17, 15) is 48.2 Å². The van der Waals surface area contributed by atoms with Gasteiger partial charge >= 0.3 is 94.4 Å². The molecule has 7 atom stereocenters. The molecule has 0 saturated carbocycles. The molecule has 0 amide bonds. The second-order valence-corrected chi connectivity index (χ2v) is 10.4. The summed E-state index contributed by atoms with van der Waals surface area (Å²) in [6, 6.07) is 0. The number of rotatable bonds is 8. The zero-order valence-electron chi connectivity index (χ0n) is 18.1. The second-order valence-electron chi connectivity index (χ2n) is 6.13. The second kappa shape index (κ2) is 13.7. The van der Waals surface area contributed by atoms with Crippen LogP contribution in [0.4, 0.5) is 0 Å². The van der Waals surface area contributed by atoms with Crippen LogP contribution in [0.25, 0.3) is 11.2 Å². The van der Waals surface area contributed by atoms with Gasteiger partial charge < -0.3 is 39.0 Å². The number of aromatic nitrogens is 4. The molecule has 180 valence electrons. The number of aliphatic hydroxyl groups is 2. The maximum absolute atomic E-state index is 11.7. The van der Waals surface area contributed by atoms with E-state index in [0.717, 1.165) is 10.9 Å². The van der Waals surface area contributed by atoms with E-state index in [1.807, 2.05) is 4.98 Å². The molecule has 0 radical (unpaired) electrons. The number of nitrogens with one attached hydrogen (secondary N) is 2. The first-order valence-electron chi connectivity index (χ1n) is 8.02. The largest absolute Gasteiger partial charge is 1.00 e. The normalized spacial score (nSPS) is 26.9. The SMILES string of the molecule is O=c1[nH]c(=O)c2ncn([C@@H]3O[C@H](COP(=O)([O-])OP(=O)([O-])OP(=O)([O-])O)[C@@H](O)[C@H]3O)c2[nH]1.[Na+].[Na+].[Na+]. The van der Waals surface area contributed by atoms with Gasteiger partial charge in [-0.05, 0) is 0 Å². The Morgan fingerprint density at radius 2 is 1.63 bits per heavy atom. The summed E-state index contributed by atoms with van der Waals surface area (Å²) in [5.74, 6) is 0. The van der Waals surface area contributed by atoms with Gasteiger partial charge in [-0.15, -0.1) is 0 Å². The average molecular weight is 590 g/mol. The fourth-order valence-corrected chi connectivity index (χ4v) is 5.59. The van der Waals surface area contributed by atoms with Crippen molar-refractivity contribution in [3.63, 3.8) is 0 Å². The Bertz CT molecular complexity index is 1280. The number of hydrogen-bond donors (Lipinski definition) is 5. The third kappa shape index (κ3) is 9.54. The number of H-pyrrole nitrogens is 2. The van der Waals surface area contributed by atoms with Crippen LogP contribution in [0.5, 0.6) is 0 Å². The van der Waals surface area contributed by atoms with Crippen LogP contribution in [0.3, 0.4) is 0 Å². The Labute approximate surface area is 259 Å². The summed E-state index contributed by atoms with van der Waals surface area (Å²) in [5, 5.41) is 20.3. The van der Waals surface area contributed by atoms with Crippen LogP contribution in [0, 0.1) is 0 Å². The molecule has 19 nitrogen and oxygen atoms in total. The number of hydrogen-bond acceptors (Lipinski definition) is 15. The molecule has 5 N–H and O–H groups in total. The van der Waals surface area contributed by atoms with Crippen molar-refractivity contribution in [2.24, 2.45) is 0 Å². The summed E-state index contributed by atoms with van der Waals surface area (Å²) in [4.78, 5) is 72.6. The maximum atomic E-state index is 11.7. The van der Waals surface area contributed by atoms with Gasteiger partial charge in [0.2, 0.25) is 0 Å². The Balaban J connectivity index is 0.00000385. The number of nitrogens with zero attached hydrogens (tertiary/aromatic N) is 2. The number of ether oxygens (including phenoxy) is 1. The Morgan fingerprint density at radius 1 is 1.03 bits per heavy atom. The van der Waals surface area contributed by atoms with Crippen LogP contribution in [-0.4, -0.2) is 59.5 Å². The van der Waals surface area contributed by atoms with E-state index in [4.69, 9.17) is 9.63 Å². The first kappa shape index (κ1) is 36.4. The summed E-state index contributed by atoms with van der Waals surface area (Å²) in [7, 11) is -17.9. The number of aliphatic hydroxyl groups excluding tert-OH is 2. The van der Waals surface area contributed by atoms with Crippen LogP contribution in [0.15, 0.2) is 15.9 Å². The van der Waals surface area contributed by atoms with Crippen molar-refractivity contribution in [3.05, 3.63) is 27.2 Å². The van der Waals surface area contributed by atoms with Crippen molar-refractivity contribution in [1.82, 2.24) is 19.5 Å². The van der Waals surface area contributed by atoms with Crippen molar-refractivity contribution in [2.45, 2.75) is 24.5 Å². The predicted octanol–water partition coefficient (Wildman–Crippen LogP) is -13.5. The molecule has 1 saturated heterocycles. The van der Waals surface area contributed by atoms with E-state index in [1.165, 1.54) is 0 Å². The molecule has 3 rings (SSSR count). The molecule has 3 heterocycles. The van der Waals surface area contributed by atoms with Crippen LogP contribution in [0.2, 0.25) is 0 Å². The van der Waals surface area contributed by atoms with Crippen molar-refractivity contribution < 1.29 is 150 Å². The molecular weight excluding hydrogens is 578 g/mol. The number of phosphoric acid groups is 3. The van der Waals surface area contributed by atoms with Gasteiger partial charge in [0.05, 0.1) is 12.9 Å². The van der Waals surface area contributed by atoms with Crippen LogP contribution < -0.4 is 115 Å². The van der Waals surface area contributed by atoms with Gasteiger partial charge in [0.1, 0.15) is 24.0 Å².